The molecule has 2 aromatic carbocycles. The van der Waals surface area contributed by atoms with E-state index in [1.165, 1.54) is 6.08 Å². The summed E-state index contributed by atoms with van der Waals surface area (Å²) in [6.45, 7) is 2.22. The molecule has 0 saturated carbocycles. The van der Waals surface area contributed by atoms with E-state index in [1.807, 2.05) is 31.2 Å². The summed E-state index contributed by atoms with van der Waals surface area (Å²) in [4.78, 5) is 12.0. The van der Waals surface area contributed by atoms with Crippen LogP contribution in [0.4, 0.5) is 0 Å². The van der Waals surface area contributed by atoms with Gasteiger partial charge < -0.3 is 14.8 Å². The molecule has 0 spiro atoms. The monoisotopic (exact) mass is 379 g/mol. The molecular formula is C19H19Cl2NO3. The van der Waals surface area contributed by atoms with Gasteiger partial charge in [0.25, 0.3) is 0 Å². The first-order valence-corrected chi connectivity index (χ1v) is 8.44. The summed E-state index contributed by atoms with van der Waals surface area (Å²) >= 11 is 11.9. The highest BCUT2D eigenvalue weighted by Gasteiger charge is 2.06. The van der Waals surface area contributed by atoms with Crippen LogP contribution in [0.5, 0.6) is 11.5 Å². The van der Waals surface area contributed by atoms with Gasteiger partial charge in [0.1, 0.15) is 18.1 Å². The SMILES string of the molecule is COc1ccc(OCC(C)NC(=O)/C=C/c2ccc(Cl)cc2Cl)cc1. The maximum Gasteiger partial charge on any atom is 0.244 e. The van der Waals surface area contributed by atoms with Crippen molar-refractivity contribution in [1.82, 2.24) is 5.32 Å². The highest BCUT2D eigenvalue weighted by molar-refractivity contribution is 6.35. The van der Waals surface area contributed by atoms with E-state index < -0.39 is 0 Å². The second-order valence-corrected chi connectivity index (χ2v) is 6.24. The van der Waals surface area contributed by atoms with Crippen LogP contribution in [0, 0.1) is 0 Å². The third kappa shape index (κ3) is 6.33. The van der Waals surface area contributed by atoms with Gasteiger partial charge in [-0.3, -0.25) is 4.79 Å². The number of halogens is 2. The minimum absolute atomic E-state index is 0.153. The first kappa shape index (κ1) is 19.2. The van der Waals surface area contributed by atoms with Crippen molar-refractivity contribution >= 4 is 35.2 Å². The van der Waals surface area contributed by atoms with Crippen LogP contribution in [-0.4, -0.2) is 25.7 Å². The lowest BCUT2D eigenvalue weighted by Crippen LogP contribution is -2.35. The Labute approximate surface area is 157 Å². The Kier molecular flexibility index (Phi) is 7.16. The Balaban J connectivity index is 1.81. The molecule has 0 heterocycles. The van der Waals surface area contributed by atoms with Gasteiger partial charge >= 0.3 is 0 Å². The van der Waals surface area contributed by atoms with Gasteiger partial charge in [0, 0.05) is 16.1 Å². The van der Waals surface area contributed by atoms with E-state index in [0.717, 1.165) is 11.3 Å². The molecule has 1 N–H and O–H groups in total. The standard InChI is InChI=1S/C19H19Cl2NO3/c1-13(12-25-17-8-6-16(24-2)7-9-17)22-19(23)10-4-14-3-5-15(20)11-18(14)21/h3-11,13H,12H2,1-2H3,(H,22,23)/b10-4+. The lowest BCUT2D eigenvalue weighted by atomic mass is 10.2. The highest BCUT2D eigenvalue weighted by Crippen LogP contribution is 2.22. The molecule has 0 aromatic heterocycles. The van der Waals surface area contributed by atoms with Gasteiger partial charge in [-0.25, -0.2) is 0 Å². The predicted molar refractivity (Wildman–Crippen MR) is 102 cm³/mol. The van der Waals surface area contributed by atoms with E-state index in [-0.39, 0.29) is 11.9 Å². The van der Waals surface area contributed by atoms with Crippen molar-refractivity contribution in [2.75, 3.05) is 13.7 Å². The molecule has 0 aliphatic heterocycles. The van der Waals surface area contributed by atoms with Crippen molar-refractivity contribution in [3.63, 3.8) is 0 Å². The second-order valence-electron chi connectivity index (χ2n) is 5.40. The normalized spacial score (nSPS) is 12.0. The number of ether oxygens (including phenoxy) is 2. The van der Waals surface area contributed by atoms with Crippen LogP contribution in [0.1, 0.15) is 12.5 Å². The molecule has 2 rings (SSSR count). The van der Waals surface area contributed by atoms with Crippen LogP contribution < -0.4 is 14.8 Å². The van der Waals surface area contributed by atoms with Crippen LogP contribution in [0.15, 0.2) is 48.5 Å². The molecule has 0 aliphatic carbocycles. The molecule has 0 fully saturated rings. The molecule has 4 nitrogen and oxygen atoms in total. The summed E-state index contributed by atoms with van der Waals surface area (Å²) in [5.41, 5.74) is 0.725. The Morgan fingerprint density at radius 2 is 1.84 bits per heavy atom. The number of rotatable bonds is 7. The maximum absolute atomic E-state index is 12.0. The molecule has 1 amide bonds. The summed E-state index contributed by atoms with van der Waals surface area (Å²) in [5, 5.41) is 3.87. The quantitative estimate of drug-likeness (QED) is 0.715. The first-order chi connectivity index (χ1) is 12.0. The van der Waals surface area contributed by atoms with Crippen molar-refractivity contribution in [1.29, 1.82) is 0 Å². The lowest BCUT2D eigenvalue weighted by molar-refractivity contribution is -0.117. The molecule has 1 unspecified atom stereocenters. The van der Waals surface area contributed by atoms with E-state index in [2.05, 4.69) is 5.32 Å². The summed E-state index contributed by atoms with van der Waals surface area (Å²) in [6, 6.07) is 12.2. The number of carbonyl (C=O) groups is 1. The number of hydrogen-bond donors (Lipinski definition) is 1. The summed E-state index contributed by atoms with van der Waals surface area (Å²) < 4.78 is 10.7. The molecule has 1 atom stereocenters. The fourth-order valence-electron chi connectivity index (χ4n) is 2.03. The Hall–Kier alpha value is -2.17. The lowest BCUT2D eigenvalue weighted by Gasteiger charge is -2.14. The summed E-state index contributed by atoms with van der Waals surface area (Å²) in [7, 11) is 1.61. The van der Waals surface area contributed by atoms with Crippen molar-refractivity contribution in [3.05, 3.63) is 64.1 Å². The van der Waals surface area contributed by atoms with Crippen LogP contribution in [0.25, 0.3) is 6.08 Å². The van der Waals surface area contributed by atoms with Gasteiger partial charge in [-0.2, -0.15) is 0 Å². The zero-order valence-electron chi connectivity index (χ0n) is 14.0. The molecule has 6 heteroatoms. The number of methoxy groups -OCH3 is 1. The van der Waals surface area contributed by atoms with Crippen LogP contribution in [-0.2, 0) is 4.79 Å². The second kappa shape index (κ2) is 9.35. The fourth-order valence-corrected chi connectivity index (χ4v) is 2.50. The average Bonchev–Trinajstić information content (AvgIpc) is 2.59. The van der Waals surface area contributed by atoms with Crippen molar-refractivity contribution < 1.29 is 14.3 Å². The van der Waals surface area contributed by atoms with Crippen molar-refractivity contribution in [3.8, 4) is 11.5 Å². The van der Waals surface area contributed by atoms with E-state index in [4.69, 9.17) is 32.7 Å². The van der Waals surface area contributed by atoms with Crippen molar-refractivity contribution in [2.24, 2.45) is 0 Å². The molecule has 0 saturated heterocycles. The van der Waals surface area contributed by atoms with Gasteiger partial charge in [0.15, 0.2) is 0 Å². The van der Waals surface area contributed by atoms with Gasteiger partial charge in [0.2, 0.25) is 5.91 Å². The largest absolute Gasteiger partial charge is 0.497 e. The molecule has 25 heavy (non-hydrogen) atoms. The van der Waals surface area contributed by atoms with E-state index in [1.54, 1.807) is 31.4 Å². The third-order valence-corrected chi connectivity index (χ3v) is 3.89. The number of hydrogen-bond acceptors (Lipinski definition) is 3. The van der Waals surface area contributed by atoms with Crippen LogP contribution in [0.2, 0.25) is 10.0 Å². The third-order valence-electron chi connectivity index (χ3n) is 3.32. The molecule has 2 aromatic rings. The van der Waals surface area contributed by atoms with Gasteiger partial charge in [-0.05, 0) is 55.0 Å². The summed E-state index contributed by atoms with van der Waals surface area (Å²) in [6.07, 6.45) is 3.07. The van der Waals surface area contributed by atoms with Gasteiger partial charge in [0.05, 0.1) is 13.2 Å². The van der Waals surface area contributed by atoms with Crippen LogP contribution >= 0.6 is 23.2 Å². The van der Waals surface area contributed by atoms with E-state index >= 15 is 0 Å². The molecule has 0 radical (unpaired) electrons. The fraction of sp³-hybridized carbons (Fsp3) is 0.211. The van der Waals surface area contributed by atoms with E-state index in [9.17, 15) is 4.79 Å². The molecule has 132 valence electrons. The maximum atomic E-state index is 12.0. The van der Waals surface area contributed by atoms with Crippen LogP contribution in [0.3, 0.4) is 0 Å². The highest BCUT2D eigenvalue weighted by atomic mass is 35.5. The van der Waals surface area contributed by atoms with E-state index in [0.29, 0.717) is 22.4 Å². The minimum atomic E-state index is -0.225. The Morgan fingerprint density at radius 1 is 1.16 bits per heavy atom. The first-order valence-electron chi connectivity index (χ1n) is 7.68. The van der Waals surface area contributed by atoms with Gasteiger partial charge in [-0.1, -0.05) is 29.3 Å². The molecular weight excluding hydrogens is 361 g/mol. The predicted octanol–water partition coefficient (Wildman–Crippen LogP) is 4.60. The number of carbonyl (C=O) groups excluding carboxylic acids is 1. The minimum Gasteiger partial charge on any atom is -0.497 e. The topological polar surface area (TPSA) is 47.6 Å². The van der Waals surface area contributed by atoms with Crippen molar-refractivity contribution in [2.45, 2.75) is 13.0 Å². The number of benzene rings is 2. The number of nitrogens with one attached hydrogen (secondary N) is 1. The molecule has 0 aliphatic rings. The smallest absolute Gasteiger partial charge is 0.244 e. The summed E-state index contributed by atoms with van der Waals surface area (Å²) in [5.74, 6) is 1.25. The zero-order chi connectivity index (χ0) is 18.2. The van der Waals surface area contributed by atoms with Gasteiger partial charge in [-0.15, -0.1) is 0 Å². The zero-order valence-corrected chi connectivity index (χ0v) is 15.5. The number of amides is 1. The Morgan fingerprint density at radius 3 is 2.48 bits per heavy atom. The molecule has 0 bridgehead atoms. The average molecular weight is 380 g/mol. The Bertz CT molecular complexity index is 745.